The fraction of sp³-hybridized carbons (Fsp3) is 0.235. The fourth-order valence-electron chi connectivity index (χ4n) is 2.26. The Morgan fingerprint density at radius 3 is 2.61 bits per heavy atom. The number of quaternary nitrogens is 1. The Hall–Kier alpha value is -1.56. The first-order chi connectivity index (χ1) is 11.0. The van der Waals surface area contributed by atoms with Crippen LogP contribution in [0.5, 0.6) is 5.75 Å². The molecule has 0 saturated carbocycles. The Kier molecular flexibility index (Phi) is 6.45. The molecule has 0 heterocycles. The molecule has 2 aromatic carbocycles. The molecule has 2 aromatic rings. The van der Waals surface area contributed by atoms with Crippen LogP contribution in [0.15, 0.2) is 46.9 Å². The van der Waals surface area contributed by atoms with Crippen molar-refractivity contribution in [3.8, 4) is 5.75 Å². The third kappa shape index (κ3) is 5.53. The lowest BCUT2D eigenvalue weighted by Crippen LogP contribution is -3.08. The second-order valence-corrected chi connectivity index (χ2v) is 6.68. The van der Waals surface area contributed by atoms with Gasteiger partial charge in [-0.15, -0.1) is 0 Å². The third-order valence-corrected chi connectivity index (χ3v) is 4.08. The van der Waals surface area contributed by atoms with E-state index in [1.807, 2.05) is 31.3 Å². The van der Waals surface area contributed by atoms with Crippen LogP contribution in [0.4, 0.5) is 5.69 Å². The number of benzene rings is 2. The molecule has 0 aliphatic heterocycles. The summed E-state index contributed by atoms with van der Waals surface area (Å²) < 4.78 is 6.27. The van der Waals surface area contributed by atoms with Gasteiger partial charge in [-0.25, -0.2) is 0 Å². The topological polar surface area (TPSA) is 42.8 Å². The first-order valence-corrected chi connectivity index (χ1v) is 8.34. The zero-order valence-electron chi connectivity index (χ0n) is 13.0. The molecule has 23 heavy (non-hydrogen) atoms. The van der Waals surface area contributed by atoms with Gasteiger partial charge in [0, 0.05) is 15.1 Å². The van der Waals surface area contributed by atoms with E-state index >= 15 is 0 Å². The van der Waals surface area contributed by atoms with Gasteiger partial charge in [-0.1, -0.05) is 39.7 Å². The molecule has 2 rings (SSSR count). The van der Waals surface area contributed by atoms with E-state index < -0.39 is 0 Å². The average molecular weight is 399 g/mol. The van der Waals surface area contributed by atoms with Gasteiger partial charge < -0.3 is 15.0 Å². The number of nitrogens with one attached hydrogen (secondary N) is 2. The van der Waals surface area contributed by atoms with Crippen molar-refractivity contribution in [3.05, 3.63) is 57.5 Å². The number of methoxy groups -OCH3 is 1. The van der Waals surface area contributed by atoms with Gasteiger partial charge in [-0.05, 0) is 30.3 Å². The molecular formula is C17H19BrClN2O2+. The van der Waals surface area contributed by atoms with Crippen molar-refractivity contribution in [1.29, 1.82) is 0 Å². The van der Waals surface area contributed by atoms with E-state index in [1.54, 1.807) is 25.3 Å². The lowest BCUT2D eigenvalue weighted by molar-refractivity contribution is -0.885. The summed E-state index contributed by atoms with van der Waals surface area (Å²) in [6.07, 6.45) is 0. The Bertz CT molecular complexity index is 677. The van der Waals surface area contributed by atoms with E-state index in [-0.39, 0.29) is 5.91 Å². The zero-order chi connectivity index (χ0) is 16.8. The van der Waals surface area contributed by atoms with E-state index in [0.29, 0.717) is 23.0 Å². The molecule has 1 amide bonds. The van der Waals surface area contributed by atoms with Gasteiger partial charge >= 0.3 is 0 Å². The summed E-state index contributed by atoms with van der Waals surface area (Å²) in [4.78, 5) is 13.3. The van der Waals surface area contributed by atoms with E-state index in [2.05, 4.69) is 21.2 Å². The number of amides is 1. The molecule has 2 N–H and O–H groups in total. The highest BCUT2D eigenvalue weighted by atomic mass is 79.9. The third-order valence-electron chi connectivity index (χ3n) is 3.32. The van der Waals surface area contributed by atoms with Crippen LogP contribution in [0, 0.1) is 0 Å². The van der Waals surface area contributed by atoms with Crippen molar-refractivity contribution in [2.45, 2.75) is 6.54 Å². The summed E-state index contributed by atoms with van der Waals surface area (Å²) in [6.45, 7) is 1.12. The van der Waals surface area contributed by atoms with Crippen LogP contribution in [0.1, 0.15) is 5.56 Å². The molecule has 1 atom stereocenters. The minimum atomic E-state index is -0.0832. The quantitative estimate of drug-likeness (QED) is 0.786. The minimum Gasteiger partial charge on any atom is -0.495 e. The van der Waals surface area contributed by atoms with Crippen molar-refractivity contribution < 1.29 is 14.4 Å². The minimum absolute atomic E-state index is 0.0832. The largest absolute Gasteiger partial charge is 0.495 e. The lowest BCUT2D eigenvalue weighted by atomic mass is 10.2. The van der Waals surface area contributed by atoms with E-state index in [1.165, 1.54) is 5.56 Å². The Labute approximate surface area is 149 Å². The van der Waals surface area contributed by atoms with Gasteiger partial charge in [0.2, 0.25) is 0 Å². The molecule has 0 aliphatic carbocycles. The summed E-state index contributed by atoms with van der Waals surface area (Å²) in [5, 5.41) is 3.40. The van der Waals surface area contributed by atoms with Crippen LogP contribution in [0.3, 0.4) is 0 Å². The highest BCUT2D eigenvalue weighted by molar-refractivity contribution is 9.10. The SMILES string of the molecule is COc1ccc(Cl)cc1NC(=O)C[NH+](C)Cc1ccc(Br)cc1. The average Bonchev–Trinajstić information content (AvgIpc) is 2.49. The smallest absolute Gasteiger partial charge is 0.279 e. The highest BCUT2D eigenvalue weighted by Crippen LogP contribution is 2.27. The molecule has 4 nitrogen and oxygen atoms in total. The first-order valence-electron chi connectivity index (χ1n) is 7.17. The van der Waals surface area contributed by atoms with Crippen LogP contribution in [-0.2, 0) is 11.3 Å². The van der Waals surface area contributed by atoms with Gasteiger partial charge in [0.15, 0.2) is 6.54 Å². The summed E-state index contributed by atoms with van der Waals surface area (Å²) in [5.74, 6) is 0.508. The Morgan fingerprint density at radius 1 is 1.26 bits per heavy atom. The maximum atomic E-state index is 12.2. The summed E-state index contributed by atoms with van der Waals surface area (Å²) in [5.41, 5.74) is 1.76. The number of rotatable bonds is 6. The number of hydrogen-bond acceptors (Lipinski definition) is 2. The predicted molar refractivity (Wildman–Crippen MR) is 96.2 cm³/mol. The van der Waals surface area contributed by atoms with Gasteiger partial charge in [0.1, 0.15) is 12.3 Å². The molecule has 0 bridgehead atoms. The summed E-state index contributed by atoms with van der Waals surface area (Å²) in [7, 11) is 3.54. The maximum absolute atomic E-state index is 12.2. The van der Waals surface area contributed by atoms with Gasteiger partial charge in [0.05, 0.1) is 19.8 Å². The molecule has 0 aliphatic rings. The molecule has 0 fully saturated rings. The molecule has 1 unspecified atom stereocenters. The van der Waals surface area contributed by atoms with Crippen LogP contribution < -0.4 is 15.0 Å². The van der Waals surface area contributed by atoms with E-state index in [4.69, 9.17) is 16.3 Å². The van der Waals surface area contributed by atoms with Crippen molar-refractivity contribution >= 4 is 39.1 Å². The number of carbonyl (C=O) groups is 1. The number of hydrogen-bond donors (Lipinski definition) is 2. The molecule has 0 saturated heterocycles. The van der Waals surface area contributed by atoms with E-state index in [0.717, 1.165) is 15.9 Å². The van der Waals surface area contributed by atoms with Crippen LogP contribution in [0.2, 0.25) is 5.02 Å². The van der Waals surface area contributed by atoms with Crippen LogP contribution >= 0.6 is 27.5 Å². The number of anilines is 1. The van der Waals surface area contributed by atoms with Crippen molar-refractivity contribution in [2.24, 2.45) is 0 Å². The second-order valence-electron chi connectivity index (χ2n) is 5.33. The number of likely N-dealkylation sites (N-methyl/N-ethyl adjacent to an activating group) is 1. The van der Waals surface area contributed by atoms with Crippen LogP contribution in [-0.4, -0.2) is 26.6 Å². The number of halogens is 2. The predicted octanol–water partition coefficient (Wildman–Crippen LogP) is 2.76. The zero-order valence-corrected chi connectivity index (χ0v) is 15.4. The summed E-state index contributed by atoms with van der Waals surface area (Å²) >= 11 is 9.38. The molecule has 0 radical (unpaired) electrons. The van der Waals surface area contributed by atoms with Crippen molar-refractivity contribution in [1.82, 2.24) is 0 Å². The molecule has 6 heteroatoms. The second kappa shape index (κ2) is 8.34. The fourth-order valence-corrected chi connectivity index (χ4v) is 2.70. The number of ether oxygens (including phenoxy) is 1. The van der Waals surface area contributed by atoms with Crippen LogP contribution in [0.25, 0.3) is 0 Å². The van der Waals surface area contributed by atoms with Gasteiger partial charge in [-0.3, -0.25) is 4.79 Å². The van der Waals surface area contributed by atoms with Crippen molar-refractivity contribution in [3.63, 3.8) is 0 Å². The Balaban J connectivity index is 1.94. The molecular weight excluding hydrogens is 380 g/mol. The highest BCUT2D eigenvalue weighted by Gasteiger charge is 2.13. The molecule has 0 aromatic heterocycles. The number of carbonyl (C=O) groups excluding carboxylic acids is 1. The monoisotopic (exact) mass is 397 g/mol. The first kappa shape index (κ1) is 17.8. The summed E-state index contributed by atoms with van der Waals surface area (Å²) in [6, 6.07) is 13.2. The normalized spacial score (nSPS) is 11.8. The lowest BCUT2D eigenvalue weighted by Gasteiger charge is -2.15. The van der Waals surface area contributed by atoms with Crippen molar-refractivity contribution in [2.75, 3.05) is 26.0 Å². The molecule has 0 spiro atoms. The molecule has 122 valence electrons. The van der Waals surface area contributed by atoms with Gasteiger partial charge in [0.25, 0.3) is 5.91 Å². The maximum Gasteiger partial charge on any atom is 0.279 e. The van der Waals surface area contributed by atoms with Gasteiger partial charge in [-0.2, -0.15) is 0 Å². The van der Waals surface area contributed by atoms with E-state index in [9.17, 15) is 4.79 Å². The Morgan fingerprint density at radius 2 is 1.96 bits per heavy atom. The standard InChI is InChI=1S/C17H18BrClN2O2/c1-21(10-12-3-5-13(18)6-4-12)11-17(22)20-15-9-14(19)7-8-16(15)23-2/h3-9H,10-11H2,1-2H3,(H,20,22)/p+1.